The molecule has 2 heterocycles. The molecule has 0 atom stereocenters. The molecule has 0 aliphatic rings. The van der Waals surface area contributed by atoms with Crippen LogP contribution in [0.2, 0.25) is 5.02 Å². The van der Waals surface area contributed by atoms with E-state index >= 15 is 0 Å². The quantitative estimate of drug-likeness (QED) is 0.688. The summed E-state index contributed by atoms with van der Waals surface area (Å²) in [7, 11) is -3.25. The van der Waals surface area contributed by atoms with Crippen LogP contribution in [0.3, 0.4) is 0 Å². The Morgan fingerprint density at radius 2 is 2.00 bits per heavy atom. The molecule has 3 aromatic rings. The van der Waals surface area contributed by atoms with Crippen LogP contribution in [0.4, 0.5) is 0 Å². The highest BCUT2D eigenvalue weighted by atomic mass is 35.5. The van der Waals surface area contributed by atoms with Crippen LogP contribution in [-0.2, 0) is 16.6 Å². The summed E-state index contributed by atoms with van der Waals surface area (Å²) < 4.78 is 26.9. The van der Waals surface area contributed by atoms with Gasteiger partial charge in [-0.15, -0.1) is 0 Å². The van der Waals surface area contributed by atoms with Gasteiger partial charge in [-0.3, -0.25) is 0 Å². The lowest BCUT2D eigenvalue weighted by Gasteiger charge is -2.10. The van der Waals surface area contributed by atoms with Crippen molar-refractivity contribution in [3.05, 3.63) is 47.6 Å². The van der Waals surface area contributed by atoms with Crippen molar-refractivity contribution in [3.8, 4) is 22.6 Å². The molecule has 0 saturated carbocycles. The van der Waals surface area contributed by atoms with Gasteiger partial charge in [0.2, 0.25) is 10.0 Å². The van der Waals surface area contributed by atoms with Gasteiger partial charge in [0.1, 0.15) is 5.69 Å². The summed E-state index contributed by atoms with van der Waals surface area (Å²) in [4.78, 5) is 12.0. The first kappa shape index (κ1) is 17.7. The Kier molecular flexibility index (Phi) is 4.94. The van der Waals surface area contributed by atoms with Gasteiger partial charge in [0, 0.05) is 24.3 Å². The molecule has 0 aliphatic heterocycles. The van der Waals surface area contributed by atoms with E-state index in [0.717, 1.165) is 28.9 Å². The van der Waals surface area contributed by atoms with Crippen molar-refractivity contribution in [2.45, 2.75) is 13.5 Å². The summed E-state index contributed by atoms with van der Waals surface area (Å²) in [5.41, 5.74) is 3.96. The maximum Gasteiger partial charge on any atom is 0.208 e. The highest BCUT2D eigenvalue weighted by Gasteiger charge is 2.20. The SMILES string of the molecule is Cc1[nH]cnc1-c1c(-c2ccccc2Cl)ncn1CCNS(C)(=O)=O. The first-order valence-corrected chi connectivity index (χ1v) is 9.89. The van der Waals surface area contributed by atoms with Crippen molar-refractivity contribution in [2.24, 2.45) is 0 Å². The van der Waals surface area contributed by atoms with Gasteiger partial charge in [0.25, 0.3) is 0 Å². The Morgan fingerprint density at radius 3 is 2.64 bits per heavy atom. The Morgan fingerprint density at radius 1 is 1.24 bits per heavy atom. The lowest BCUT2D eigenvalue weighted by Crippen LogP contribution is -2.26. The fraction of sp³-hybridized carbons (Fsp3) is 0.250. The maximum atomic E-state index is 11.3. The first-order valence-electron chi connectivity index (χ1n) is 7.62. The molecule has 7 nitrogen and oxygen atoms in total. The standard InChI is InChI=1S/C16H18ClN5O2S/c1-11-14(19-9-18-11)16-15(12-5-3-4-6-13(12)17)20-10-22(16)8-7-21-25(2,23)24/h3-6,9-10,21H,7-8H2,1-2H3,(H,18,19). The molecule has 2 aromatic heterocycles. The number of H-pyrrole nitrogens is 1. The van der Waals surface area contributed by atoms with Crippen molar-refractivity contribution in [1.82, 2.24) is 24.2 Å². The fourth-order valence-electron chi connectivity index (χ4n) is 2.60. The van der Waals surface area contributed by atoms with Crippen molar-refractivity contribution in [2.75, 3.05) is 12.8 Å². The molecule has 0 spiro atoms. The molecule has 0 amide bonds. The number of imidazole rings is 2. The second-order valence-electron chi connectivity index (χ2n) is 5.66. The molecular weight excluding hydrogens is 362 g/mol. The Hall–Kier alpha value is -2.16. The molecule has 132 valence electrons. The second kappa shape index (κ2) is 6.99. The molecule has 9 heteroatoms. The number of nitrogens with one attached hydrogen (secondary N) is 2. The van der Waals surface area contributed by atoms with E-state index in [4.69, 9.17) is 11.6 Å². The van der Waals surface area contributed by atoms with Crippen LogP contribution in [0.25, 0.3) is 22.6 Å². The summed E-state index contributed by atoms with van der Waals surface area (Å²) in [6.45, 7) is 2.60. The number of benzene rings is 1. The van der Waals surface area contributed by atoms with Crippen molar-refractivity contribution in [1.29, 1.82) is 0 Å². The zero-order valence-corrected chi connectivity index (χ0v) is 15.4. The topological polar surface area (TPSA) is 92.7 Å². The van der Waals surface area contributed by atoms with Gasteiger partial charge in [0.15, 0.2) is 0 Å². The summed E-state index contributed by atoms with van der Waals surface area (Å²) in [6, 6.07) is 7.46. The number of rotatable bonds is 6. The predicted octanol–water partition coefficient (Wildman–Crippen LogP) is 2.45. The van der Waals surface area contributed by atoms with Crippen LogP contribution in [0, 0.1) is 6.92 Å². The number of halogens is 1. The minimum atomic E-state index is -3.25. The van der Waals surface area contributed by atoms with Crippen molar-refractivity contribution in [3.63, 3.8) is 0 Å². The Balaban J connectivity index is 2.05. The minimum Gasteiger partial charge on any atom is -0.348 e. The van der Waals surface area contributed by atoms with Crippen LogP contribution >= 0.6 is 11.6 Å². The molecule has 0 bridgehead atoms. The van der Waals surface area contributed by atoms with Gasteiger partial charge in [-0.05, 0) is 13.0 Å². The molecule has 25 heavy (non-hydrogen) atoms. The monoisotopic (exact) mass is 379 g/mol. The normalized spacial score (nSPS) is 11.8. The Labute approximate surface area is 151 Å². The number of hydrogen-bond donors (Lipinski definition) is 2. The molecule has 0 fully saturated rings. The number of aryl methyl sites for hydroxylation is 1. The zero-order chi connectivity index (χ0) is 18.0. The lowest BCUT2D eigenvalue weighted by molar-refractivity contribution is 0.579. The minimum absolute atomic E-state index is 0.258. The van der Waals surface area contributed by atoms with E-state index in [1.54, 1.807) is 12.7 Å². The average Bonchev–Trinajstić information content (AvgIpc) is 3.12. The smallest absolute Gasteiger partial charge is 0.208 e. The fourth-order valence-corrected chi connectivity index (χ4v) is 3.29. The molecule has 1 aromatic carbocycles. The summed E-state index contributed by atoms with van der Waals surface area (Å²) >= 11 is 6.34. The predicted molar refractivity (Wildman–Crippen MR) is 97.8 cm³/mol. The van der Waals surface area contributed by atoms with Crippen LogP contribution in [0.1, 0.15) is 5.69 Å². The van der Waals surface area contributed by atoms with Gasteiger partial charge in [-0.1, -0.05) is 29.8 Å². The number of aromatic amines is 1. The highest BCUT2D eigenvalue weighted by molar-refractivity contribution is 7.88. The molecule has 0 unspecified atom stereocenters. The Bertz CT molecular complexity index is 994. The zero-order valence-electron chi connectivity index (χ0n) is 13.8. The van der Waals surface area contributed by atoms with E-state index in [-0.39, 0.29) is 6.54 Å². The third-order valence-corrected chi connectivity index (χ3v) is 4.80. The van der Waals surface area contributed by atoms with E-state index < -0.39 is 10.0 Å². The van der Waals surface area contributed by atoms with Gasteiger partial charge < -0.3 is 9.55 Å². The van der Waals surface area contributed by atoms with Gasteiger partial charge in [-0.25, -0.2) is 23.1 Å². The maximum absolute atomic E-state index is 11.3. The third kappa shape index (κ3) is 3.92. The first-order chi connectivity index (χ1) is 11.9. The summed E-state index contributed by atoms with van der Waals surface area (Å²) in [5.74, 6) is 0. The van der Waals surface area contributed by atoms with Gasteiger partial charge >= 0.3 is 0 Å². The molecule has 2 N–H and O–H groups in total. The number of hydrogen-bond acceptors (Lipinski definition) is 4. The van der Waals surface area contributed by atoms with E-state index in [1.807, 2.05) is 35.8 Å². The summed E-state index contributed by atoms with van der Waals surface area (Å²) in [6.07, 6.45) is 4.42. The van der Waals surface area contributed by atoms with E-state index in [9.17, 15) is 8.42 Å². The van der Waals surface area contributed by atoms with E-state index in [2.05, 4.69) is 19.7 Å². The molecule has 0 aliphatic carbocycles. The number of nitrogens with zero attached hydrogens (tertiary/aromatic N) is 3. The average molecular weight is 380 g/mol. The number of sulfonamides is 1. The van der Waals surface area contributed by atoms with Crippen LogP contribution in [0.5, 0.6) is 0 Å². The number of aromatic nitrogens is 4. The third-order valence-electron chi connectivity index (χ3n) is 3.74. The van der Waals surface area contributed by atoms with Crippen molar-refractivity contribution >= 4 is 21.6 Å². The van der Waals surface area contributed by atoms with E-state index in [1.165, 1.54) is 0 Å². The molecule has 0 radical (unpaired) electrons. The van der Waals surface area contributed by atoms with Crippen molar-refractivity contribution < 1.29 is 8.42 Å². The highest BCUT2D eigenvalue weighted by Crippen LogP contribution is 2.35. The lowest BCUT2D eigenvalue weighted by atomic mass is 10.1. The van der Waals surface area contributed by atoms with E-state index in [0.29, 0.717) is 17.3 Å². The summed E-state index contributed by atoms with van der Waals surface area (Å²) in [5, 5.41) is 0.594. The van der Waals surface area contributed by atoms with Crippen LogP contribution in [0.15, 0.2) is 36.9 Å². The van der Waals surface area contributed by atoms with Gasteiger partial charge in [-0.2, -0.15) is 0 Å². The van der Waals surface area contributed by atoms with Gasteiger partial charge in [0.05, 0.1) is 35.3 Å². The molecular formula is C16H18ClN5O2S. The largest absolute Gasteiger partial charge is 0.348 e. The molecule has 0 saturated heterocycles. The van der Waals surface area contributed by atoms with Crippen LogP contribution in [-0.4, -0.2) is 40.7 Å². The second-order valence-corrected chi connectivity index (χ2v) is 7.90. The molecule has 3 rings (SSSR count). The van der Waals surface area contributed by atoms with Crippen LogP contribution < -0.4 is 4.72 Å².